The van der Waals surface area contributed by atoms with Crippen LogP contribution in [-0.2, 0) is 17.9 Å². The number of anilines is 1. The molecule has 8 nitrogen and oxygen atoms in total. The third-order valence-corrected chi connectivity index (χ3v) is 6.70. The predicted octanol–water partition coefficient (Wildman–Crippen LogP) is 3.88. The van der Waals surface area contributed by atoms with Crippen LogP contribution in [0.4, 0.5) is 5.13 Å². The highest BCUT2D eigenvalue weighted by atomic mass is 32.2. The summed E-state index contributed by atoms with van der Waals surface area (Å²) in [5.41, 5.74) is 2.41. The molecule has 2 heterocycles. The van der Waals surface area contributed by atoms with Crippen LogP contribution in [0.5, 0.6) is 0 Å². The summed E-state index contributed by atoms with van der Waals surface area (Å²) in [6.07, 6.45) is 0. The lowest BCUT2D eigenvalue weighted by Gasteiger charge is -2.09. The number of fused-ring (bicyclic) bond motifs is 1. The van der Waals surface area contributed by atoms with Crippen LogP contribution in [0.2, 0.25) is 0 Å². The Labute approximate surface area is 193 Å². The molecule has 2 aromatic carbocycles. The molecule has 10 heteroatoms. The zero-order chi connectivity index (χ0) is 22.5. The molecule has 0 saturated carbocycles. The van der Waals surface area contributed by atoms with Crippen LogP contribution in [0, 0.1) is 6.92 Å². The number of benzene rings is 2. The highest BCUT2D eigenvalue weighted by Gasteiger charge is 2.16. The van der Waals surface area contributed by atoms with Gasteiger partial charge < -0.3 is 15.2 Å². The van der Waals surface area contributed by atoms with E-state index in [1.807, 2.05) is 60.9 Å². The maximum absolute atomic E-state index is 12.5. The Morgan fingerprint density at radius 3 is 2.66 bits per heavy atom. The van der Waals surface area contributed by atoms with Crippen molar-refractivity contribution < 1.29 is 9.59 Å². The minimum absolute atomic E-state index is 0.154. The van der Waals surface area contributed by atoms with Crippen molar-refractivity contribution in [1.82, 2.24) is 25.1 Å². The van der Waals surface area contributed by atoms with E-state index >= 15 is 0 Å². The van der Waals surface area contributed by atoms with E-state index in [1.165, 1.54) is 23.1 Å². The third kappa shape index (κ3) is 4.97. The number of nitrogens with zero attached hydrogens (tertiary/aromatic N) is 4. The SMILES string of the molecule is CCn1c(CNC(=O)c2ccccc2C)nnc1SCC(=O)Nc1nc2ccccc2s1. The summed E-state index contributed by atoms with van der Waals surface area (Å²) in [7, 11) is 0. The molecule has 0 atom stereocenters. The zero-order valence-electron chi connectivity index (χ0n) is 17.7. The van der Waals surface area contributed by atoms with Gasteiger partial charge in [0.25, 0.3) is 5.91 Å². The lowest BCUT2D eigenvalue weighted by Crippen LogP contribution is -2.25. The summed E-state index contributed by atoms with van der Waals surface area (Å²) in [5, 5.41) is 15.3. The molecule has 0 spiro atoms. The van der Waals surface area contributed by atoms with E-state index < -0.39 is 0 Å². The third-order valence-electron chi connectivity index (χ3n) is 4.78. The van der Waals surface area contributed by atoms with E-state index in [1.54, 1.807) is 6.07 Å². The maximum Gasteiger partial charge on any atom is 0.251 e. The Morgan fingerprint density at radius 1 is 1.09 bits per heavy atom. The van der Waals surface area contributed by atoms with Crippen LogP contribution in [0.3, 0.4) is 0 Å². The molecule has 164 valence electrons. The van der Waals surface area contributed by atoms with Crippen LogP contribution in [-0.4, -0.2) is 37.3 Å². The number of carbonyl (C=O) groups is 2. The number of thioether (sulfide) groups is 1. The van der Waals surface area contributed by atoms with Crippen molar-refractivity contribution in [1.29, 1.82) is 0 Å². The van der Waals surface area contributed by atoms with Crippen LogP contribution in [0.15, 0.2) is 53.7 Å². The molecule has 4 rings (SSSR count). The van der Waals surface area contributed by atoms with Crippen LogP contribution in [0.25, 0.3) is 10.2 Å². The lowest BCUT2D eigenvalue weighted by molar-refractivity contribution is -0.113. The van der Waals surface area contributed by atoms with Crippen LogP contribution < -0.4 is 10.6 Å². The number of aryl methyl sites for hydroxylation is 1. The lowest BCUT2D eigenvalue weighted by atomic mass is 10.1. The van der Waals surface area contributed by atoms with Gasteiger partial charge in [-0.3, -0.25) is 9.59 Å². The van der Waals surface area contributed by atoms with E-state index in [9.17, 15) is 9.59 Å². The summed E-state index contributed by atoms with van der Waals surface area (Å²) in [4.78, 5) is 29.3. The van der Waals surface area contributed by atoms with Crippen LogP contribution >= 0.6 is 23.1 Å². The molecule has 0 fully saturated rings. The Hall–Kier alpha value is -3.24. The number of amides is 2. The molecule has 0 bridgehead atoms. The molecule has 0 aliphatic heterocycles. The van der Waals surface area contributed by atoms with Gasteiger partial charge in [-0.05, 0) is 37.6 Å². The monoisotopic (exact) mass is 466 g/mol. The number of hydrogen-bond acceptors (Lipinski definition) is 7. The van der Waals surface area contributed by atoms with Crippen molar-refractivity contribution >= 4 is 50.3 Å². The van der Waals surface area contributed by atoms with E-state index in [0.717, 1.165) is 15.8 Å². The van der Waals surface area contributed by atoms with Gasteiger partial charge in [-0.25, -0.2) is 4.98 Å². The molecule has 32 heavy (non-hydrogen) atoms. The maximum atomic E-state index is 12.5. The quantitative estimate of drug-likeness (QED) is 0.382. The van der Waals surface area contributed by atoms with Gasteiger partial charge in [0.05, 0.1) is 22.5 Å². The second kappa shape index (κ2) is 9.92. The number of para-hydroxylation sites is 1. The first-order valence-electron chi connectivity index (χ1n) is 10.1. The van der Waals surface area contributed by atoms with Crippen LogP contribution in [0.1, 0.15) is 28.7 Å². The average Bonchev–Trinajstić information content (AvgIpc) is 3.38. The summed E-state index contributed by atoms with van der Waals surface area (Å²) in [5.74, 6) is 0.514. The van der Waals surface area contributed by atoms with Gasteiger partial charge in [0.1, 0.15) is 0 Å². The number of carbonyl (C=O) groups excluding carboxylic acids is 2. The predicted molar refractivity (Wildman–Crippen MR) is 127 cm³/mol. The first-order valence-corrected chi connectivity index (χ1v) is 11.9. The van der Waals surface area contributed by atoms with Gasteiger partial charge in [0.2, 0.25) is 5.91 Å². The minimum Gasteiger partial charge on any atom is -0.345 e. The average molecular weight is 467 g/mol. The topological polar surface area (TPSA) is 102 Å². The summed E-state index contributed by atoms with van der Waals surface area (Å²) in [6, 6.07) is 15.2. The van der Waals surface area contributed by atoms with Crippen molar-refractivity contribution in [3.63, 3.8) is 0 Å². The van der Waals surface area contributed by atoms with E-state index in [2.05, 4.69) is 25.8 Å². The number of thiazole rings is 1. The fourth-order valence-electron chi connectivity index (χ4n) is 3.17. The second-order valence-corrected chi connectivity index (χ2v) is 8.94. The number of hydrogen-bond donors (Lipinski definition) is 2. The highest BCUT2D eigenvalue weighted by Crippen LogP contribution is 2.26. The molecule has 2 N–H and O–H groups in total. The molecular weight excluding hydrogens is 444 g/mol. The van der Waals surface area contributed by atoms with E-state index in [-0.39, 0.29) is 24.1 Å². The molecule has 0 radical (unpaired) electrons. The van der Waals surface area contributed by atoms with Gasteiger partial charge in [-0.15, -0.1) is 10.2 Å². The van der Waals surface area contributed by atoms with E-state index in [4.69, 9.17) is 0 Å². The van der Waals surface area contributed by atoms with Gasteiger partial charge in [0, 0.05) is 12.1 Å². The summed E-state index contributed by atoms with van der Waals surface area (Å²) < 4.78 is 2.92. The first kappa shape index (κ1) is 22.0. The van der Waals surface area contributed by atoms with Crippen molar-refractivity contribution in [3.8, 4) is 0 Å². The number of nitrogens with one attached hydrogen (secondary N) is 2. The molecule has 0 unspecified atom stereocenters. The Balaban J connectivity index is 1.34. The Morgan fingerprint density at radius 2 is 1.88 bits per heavy atom. The molecule has 0 aliphatic carbocycles. The molecule has 2 amide bonds. The molecule has 2 aromatic heterocycles. The molecular formula is C22H22N6O2S2. The van der Waals surface area contributed by atoms with E-state index in [0.29, 0.717) is 28.2 Å². The zero-order valence-corrected chi connectivity index (χ0v) is 19.3. The fraction of sp³-hybridized carbons (Fsp3) is 0.227. The van der Waals surface area contributed by atoms with Gasteiger partial charge >= 0.3 is 0 Å². The summed E-state index contributed by atoms with van der Waals surface area (Å²) in [6.45, 7) is 4.76. The van der Waals surface area contributed by atoms with Crippen molar-refractivity contribution in [2.75, 3.05) is 11.1 Å². The standard InChI is InChI=1S/C22H22N6O2S2/c1-3-28-18(12-23-20(30)15-9-5-4-8-14(15)2)26-27-22(28)31-13-19(29)25-21-24-16-10-6-7-11-17(16)32-21/h4-11H,3,12-13H2,1-2H3,(H,23,30)(H,24,25,29). The van der Waals surface area contributed by atoms with Crippen molar-refractivity contribution in [2.45, 2.75) is 32.1 Å². The second-order valence-electron chi connectivity index (χ2n) is 6.96. The van der Waals surface area contributed by atoms with Gasteiger partial charge in [0.15, 0.2) is 16.1 Å². The normalized spacial score (nSPS) is 10.9. The van der Waals surface area contributed by atoms with Gasteiger partial charge in [-0.2, -0.15) is 0 Å². The number of rotatable bonds is 8. The fourth-order valence-corrected chi connectivity index (χ4v) is 4.87. The highest BCUT2D eigenvalue weighted by molar-refractivity contribution is 7.99. The smallest absolute Gasteiger partial charge is 0.251 e. The molecule has 4 aromatic rings. The largest absolute Gasteiger partial charge is 0.345 e. The number of aromatic nitrogens is 4. The molecule has 0 saturated heterocycles. The van der Waals surface area contributed by atoms with Crippen molar-refractivity contribution in [2.24, 2.45) is 0 Å². The Bertz CT molecular complexity index is 1230. The Kier molecular flexibility index (Phi) is 6.81. The van der Waals surface area contributed by atoms with Crippen molar-refractivity contribution in [3.05, 3.63) is 65.5 Å². The molecule has 0 aliphatic rings. The minimum atomic E-state index is -0.158. The first-order chi connectivity index (χ1) is 15.5. The van der Waals surface area contributed by atoms with Gasteiger partial charge in [-0.1, -0.05) is 53.4 Å². The summed E-state index contributed by atoms with van der Waals surface area (Å²) >= 11 is 2.74.